The Morgan fingerprint density at radius 2 is 2.24 bits per heavy atom. The van der Waals surface area contributed by atoms with Gasteiger partial charge in [-0.2, -0.15) is 0 Å². The van der Waals surface area contributed by atoms with Crippen molar-refractivity contribution in [2.45, 2.75) is 76.9 Å². The van der Waals surface area contributed by atoms with Gasteiger partial charge in [-0.1, -0.05) is 6.92 Å². The van der Waals surface area contributed by atoms with Crippen molar-refractivity contribution in [1.82, 2.24) is 10.3 Å². The smallest absolute Gasteiger partial charge is 0.407 e. The van der Waals surface area contributed by atoms with Crippen LogP contribution in [0.5, 0.6) is 0 Å². The molecule has 1 fully saturated rings. The van der Waals surface area contributed by atoms with E-state index < -0.39 is 29.4 Å². The van der Waals surface area contributed by atoms with Crippen LogP contribution in [0.2, 0.25) is 0 Å². The van der Waals surface area contributed by atoms with Gasteiger partial charge in [-0.3, -0.25) is 4.98 Å². The van der Waals surface area contributed by atoms with E-state index in [1.165, 1.54) is 0 Å². The molecule has 1 aromatic heterocycles. The van der Waals surface area contributed by atoms with Gasteiger partial charge < -0.3 is 25.6 Å². The van der Waals surface area contributed by atoms with Gasteiger partial charge in [-0.15, -0.1) is 0 Å². The molecule has 4 N–H and O–H groups in total. The van der Waals surface area contributed by atoms with Crippen LogP contribution in [-0.4, -0.2) is 39.5 Å². The first-order valence-electron chi connectivity index (χ1n) is 8.61. The van der Waals surface area contributed by atoms with Crippen molar-refractivity contribution in [1.29, 1.82) is 0 Å². The van der Waals surface area contributed by atoms with E-state index in [1.54, 1.807) is 46.2 Å². The molecular formula is C18H29N3O4. The van der Waals surface area contributed by atoms with Crippen LogP contribution in [0.15, 0.2) is 18.5 Å². The molecule has 1 aliphatic rings. The summed E-state index contributed by atoms with van der Waals surface area (Å²) >= 11 is 0. The summed E-state index contributed by atoms with van der Waals surface area (Å²) in [5.41, 5.74) is 5.52. The monoisotopic (exact) mass is 351 g/mol. The van der Waals surface area contributed by atoms with Crippen LogP contribution in [0, 0.1) is 0 Å². The number of pyridine rings is 1. The van der Waals surface area contributed by atoms with E-state index in [4.69, 9.17) is 15.2 Å². The SMILES string of the molecule is CCC1OC(c2ccncc2N)CC(NC(=O)OC(C)(C)C)C1(C)O. The Bertz CT molecular complexity index is 613. The first-order valence-corrected chi connectivity index (χ1v) is 8.61. The molecule has 7 heteroatoms. The van der Waals surface area contributed by atoms with E-state index in [2.05, 4.69) is 10.3 Å². The van der Waals surface area contributed by atoms with Crippen LogP contribution in [0.25, 0.3) is 0 Å². The molecule has 7 nitrogen and oxygen atoms in total. The topological polar surface area (TPSA) is 107 Å². The van der Waals surface area contributed by atoms with Gasteiger partial charge in [0.1, 0.15) is 11.2 Å². The number of nitrogens with zero attached hydrogens (tertiary/aromatic N) is 1. The highest BCUT2D eigenvalue weighted by molar-refractivity contribution is 5.68. The predicted octanol–water partition coefficient (Wildman–Crippen LogP) is 2.55. The second kappa shape index (κ2) is 7.17. The van der Waals surface area contributed by atoms with E-state index in [0.29, 0.717) is 18.5 Å². The standard InChI is InChI=1S/C18H29N3O4/c1-6-15-18(5,23)14(21-16(22)25-17(2,3)4)9-13(24-15)11-7-8-20-10-12(11)19/h7-8,10,13-15,23H,6,9,19H2,1-5H3,(H,21,22). The Kier molecular flexibility index (Phi) is 5.58. The Labute approximate surface area is 148 Å². The third-order valence-electron chi connectivity index (χ3n) is 4.43. The summed E-state index contributed by atoms with van der Waals surface area (Å²) in [5, 5.41) is 13.7. The minimum Gasteiger partial charge on any atom is -0.444 e. The molecule has 0 aliphatic carbocycles. The fourth-order valence-corrected chi connectivity index (χ4v) is 3.14. The number of amides is 1. The van der Waals surface area contributed by atoms with E-state index in [0.717, 1.165) is 5.56 Å². The largest absolute Gasteiger partial charge is 0.444 e. The maximum Gasteiger partial charge on any atom is 0.407 e. The fraction of sp³-hybridized carbons (Fsp3) is 0.667. The molecule has 1 aliphatic heterocycles. The molecule has 0 bridgehead atoms. The number of aliphatic hydroxyl groups is 1. The Morgan fingerprint density at radius 1 is 1.56 bits per heavy atom. The average Bonchev–Trinajstić information content (AvgIpc) is 2.48. The summed E-state index contributed by atoms with van der Waals surface area (Å²) in [5.74, 6) is 0. The van der Waals surface area contributed by atoms with Crippen LogP contribution in [-0.2, 0) is 9.47 Å². The second-order valence-corrected chi connectivity index (χ2v) is 7.69. The van der Waals surface area contributed by atoms with E-state index >= 15 is 0 Å². The van der Waals surface area contributed by atoms with Crippen LogP contribution in [0.4, 0.5) is 10.5 Å². The number of hydrogen-bond donors (Lipinski definition) is 3. The van der Waals surface area contributed by atoms with Gasteiger partial charge in [-0.05, 0) is 40.2 Å². The summed E-state index contributed by atoms with van der Waals surface area (Å²) in [4.78, 5) is 16.2. The van der Waals surface area contributed by atoms with E-state index in [9.17, 15) is 9.90 Å². The summed E-state index contributed by atoms with van der Waals surface area (Å²) in [7, 11) is 0. The molecule has 0 saturated carbocycles. The van der Waals surface area contributed by atoms with Crippen molar-refractivity contribution >= 4 is 11.8 Å². The average molecular weight is 351 g/mol. The molecule has 1 saturated heterocycles. The zero-order valence-corrected chi connectivity index (χ0v) is 15.6. The van der Waals surface area contributed by atoms with Crippen LogP contribution in [0.3, 0.4) is 0 Å². The van der Waals surface area contributed by atoms with Gasteiger partial charge in [0.25, 0.3) is 0 Å². The fourth-order valence-electron chi connectivity index (χ4n) is 3.14. The van der Waals surface area contributed by atoms with Crippen LogP contribution < -0.4 is 11.1 Å². The summed E-state index contributed by atoms with van der Waals surface area (Å²) in [6, 6.07) is 1.27. The zero-order valence-electron chi connectivity index (χ0n) is 15.6. The molecular weight excluding hydrogens is 322 g/mol. The molecule has 0 radical (unpaired) electrons. The van der Waals surface area contributed by atoms with Crippen molar-refractivity contribution in [3.63, 3.8) is 0 Å². The maximum absolute atomic E-state index is 12.2. The number of carbonyl (C=O) groups excluding carboxylic acids is 1. The molecule has 4 atom stereocenters. The van der Waals surface area contributed by atoms with Crippen molar-refractivity contribution in [2.75, 3.05) is 5.73 Å². The lowest BCUT2D eigenvalue weighted by Gasteiger charge is -2.46. The highest BCUT2D eigenvalue weighted by atomic mass is 16.6. The minimum absolute atomic E-state index is 0.340. The zero-order chi connectivity index (χ0) is 18.8. The highest BCUT2D eigenvalue weighted by Gasteiger charge is 2.47. The number of aromatic nitrogens is 1. The third-order valence-corrected chi connectivity index (χ3v) is 4.43. The summed E-state index contributed by atoms with van der Waals surface area (Å²) in [6.07, 6.45) is 2.86. The maximum atomic E-state index is 12.2. The van der Waals surface area contributed by atoms with Gasteiger partial charge >= 0.3 is 6.09 Å². The molecule has 140 valence electrons. The van der Waals surface area contributed by atoms with Crippen LogP contribution in [0.1, 0.15) is 59.1 Å². The van der Waals surface area contributed by atoms with E-state index in [-0.39, 0.29) is 6.10 Å². The van der Waals surface area contributed by atoms with Crippen molar-refractivity contribution in [3.8, 4) is 0 Å². The first-order chi connectivity index (χ1) is 11.5. The number of alkyl carbamates (subject to hydrolysis) is 1. The Hall–Kier alpha value is -1.86. The molecule has 1 amide bonds. The number of carbonyl (C=O) groups is 1. The van der Waals surface area contributed by atoms with Gasteiger partial charge in [0.05, 0.1) is 30.1 Å². The molecule has 25 heavy (non-hydrogen) atoms. The molecule has 2 heterocycles. The molecule has 4 unspecified atom stereocenters. The number of hydrogen-bond acceptors (Lipinski definition) is 6. The number of rotatable bonds is 3. The highest BCUT2D eigenvalue weighted by Crippen LogP contribution is 2.39. The lowest BCUT2D eigenvalue weighted by molar-refractivity contribution is -0.184. The normalized spacial score (nSPS) is 29.9. The molecule has 0 spiro atoms. The van der Waals surface area contributed by atoms with Crippen molar-refractivity contribution in [2.24, 2.45) is 0 Å². The van der Waals surface area contributed by atoms with Crippen molar-refractivity contribution < 1.29 is 19.4 Å². The number of nitrogens with one attached hydrogen (secondary N) is 1. The first kappa shape index (κ1) is 19.5. The molecule has 1 aromatic rings. The minimum atomic E-state index is -1.22. The number of ether oxygens (including phenoxy) is 2. The quantitative estimate of drug-likeness (QED) is 0.772. The van der Waals surface area contributed by atoms with Crippen molar-refractivity contribution in [3.05, 3.63) is 24.0 Å². The second-order valence-electron chi connectivity index (χ2n) is 7.69. The lowest BCUT2D eigenvalue weighted by atomic mass is 9.81. The predicted molar refractivity (Wildman–Crippen MR) is 95.0 cm³/mol. The van der Waals surface area contributed by atoms with Gasteiger partial charge in [0.15, 0.2) is 0 Å². The van der Waals surface area contributed by atoms with Crippen LogP contribution >= 0.6 is 0 Å². The van der Waals surface area contributed by atoms with E-state index in [1.807, 2.05) is 6.92 Å². The van der Waals surface area contributed by atoms with Gasteiger partial charge in [-0.25, -0.2) is 4.79 Å². The van der Waals surface area contributed by atoms with Gasteiger partial charge in [0.2, 0.25) is 0 Å². The summed E-state index contributed by atoms with van der Waals surface area (Å²) in [6.45, 7) is 9.00. The Morgan fingerprint density at radius 3 is 2.80 bits per heavy atom. The lowest BCUT2D eigenvalue weighted by Crippen LogP contribution is -2.62. The van der Waals surface area contributed by atoms with Gasteiger partial charge in [0, 0.05) is 18.2 Å². The number of anilines is 1. The summed E-state index contributed by atoms with van der Waals surface area (Å²) < 4.78 is 11.4. The molecule has 0 aromatic carbocycles. The Balaban J connectivity index is 2.23. The third kappa shape index (κ3) is 4.61. The molecule has 2 rings (SSSR count). The number of nitrogen functional groups attached to an aromatic ring is 1. The number of nitrogens with two attached hydrogens (primary N) is 1.